The predicted octanol–water partition coefficient (Wildman–Crippen LogP) is 3.43. The summed E-state index contributed by atoms with van der Waals surface area (Å²) in [5, 5.41) is 4.39. The maximum absolute atomic E-state index is 12.1. The zero-order valence-electron chi connectivity index (χ0n) is 13.1. The van der Waals surface area contributed by atoms with E-state index in [9.17, 15) is 4.79 Å². The maximum atomic E-state index is 12.1. The highest BCUT2D eigenvalue weighted by molar-refractivity contribution is 6.32. The molecule has 0 aliphatic carbocycles. The van der Waals surface area contributed by atoms with Crippen LogP contribution in [0.4, 0.5) is 0 Å². The van der Waals surface area contributed by atoms with E-state index in [4.69, 9.17) is 21.1 Å². The SMILES string of the molecule is COc1cc(OC)c(/C=N/NC(=O)c2ccccc2C)cc1Cl. The Labute approximate surface area is 139 Å². The molecule has 23 heavy (non-hydrogen) atoms. The largest absolute Gasteiger partial charge is 0.496 e. The van der Waals surface area contributed by atoms with Gasteiger partial charge in [-0.15, -0.1) is 0 Å². The minimum absolute atomic E-state index is 0.280. The summed E-state index contributed by atoms with van der Waals surface area (Å²) in [6.07, 6.45) is 1.47. The highest BCUT2D eigenvalue weighted by Gasteiger charge is 2.09. The van der Waals surface area contributed by atoms with Crippen molar-refractivity contribution in [3.05, 3.63) is 58.1 Å². The standard InChI is InChI=1S/C17H17ClN2O3/c1-11-6-4-5-7-13(11)17(21)20-19-10-12-8-14(18)16(23-3)9-15(12)22-2/h4-10H,1-3H3,(H,20,21)/b19-10+. The quantitative estimate of drug-likeness (QED) is 0.674. The lowest BCUT2D eigenvalue weighted by atomic mass is 10.1. The summed E-state index contributed by atoms with van der Waals surface area (Å²) in [5.41, 5.74) is 4.57. The molecule has 5 nitrogen and oxygen atoms in total. The van der Waals surface area contributed by atoms with Crippen LogP contribution < -0.4 is 14.9 Å². The van der Waals surface area contributed by atoms with Gasteiger partial charge in [0.05, 0.1) is 25.5 Å². The molecule has 0 spiro atoms. The van der Waals surface area contributed by atoms with E-state index in [1.54, 1.807) is 24.3 Å². The van der Waals surface area contributed by atoms with Gasteiger partial charge in [-0.25, -0.2) is 5.43 Å². The van der Waals surface area contributed by atoms with Crippen molar-refractivity contribution in [2.24, 2.45) is 5.10 Å². The summed E-state index contributed by atoms with van der Waals surface area (Å²) in [6.45, 7) is 1.87. The van der Waals surface area contributed by atoms with Crippen molar-refractivity contribution in [3.8, 4) is 11.5 Å². The molecule has 0 unspecified atom stereocenters. The average Bonchev–Trinajstić information content (AvgIpc) is 2.55. The van der Waals surface area contributed by atoms with Crippen LogP contribution in [0.2, 0.25) is 5.02 Å². The fourth-order valence-electron chi connectivity index (χ4n) is 2.03. The van der Waals surface area contributed by atoms with Crippen LogP contribution in [0, 0.1) is 6.92 Å². The summed E-state index contributed by atoms with van der Waals surface area (Å²) in [4.78, 5) is 12.1. The van der Waals surface area contributed by atoms with Gasteiger partial charge in [0.25, 0.3) is 5.91 Å². The number of nitrogens with zero attached hydrogens (tertiary/aromatic N) is 1. The third-order valence-corrected chi connectivity index (χ3v) is 3.56. The van der Waals surface area contributed by atoms with Crippen LogP contribution in [0.15, 0.2) is 41.5 Å². The lowest BCUT2D eigenvalue weighted by Crippen LogP contribution is -2.18. The van der Waals surface area contributed by atoms with Gasteiger partial charge >= 0.3 is 0 Å². The first-order chi connectivity index (χ1) is 11.1. The molecule has 2 aromatic carbocycles. The molecule has 1 N–H and O–H groups in total. The number of halogens is 1. The summed E-state index contributed by atoms with van der Waals surface area (Å²) >= 11 is 6.09. The summed E-state index contributed by atoms with van der Waals surface area (Å²) in [5.74, 6) is 0.766. The van der Waals surface area contributed by atoms with Crippen LogP contribution in [0.5, 0.6) is 11.5 Å². The molecule has 0 atom stereocenters. The van der Waals surface area contributed by atoms with Crippen molar-refractivity contribution >= 4 is 23.7 Å². The second-order valence-electron chi connectivity index (χ2n) is 4.74. The Morgan fingerprint density at radius 1 is 1.17 bits per heavy atom. The number of amides is 1. The van der Waals surface area contributed by atoms with Gasteiger partial charge < -0.3 is 9.47 Å². The molecule has 120 valence electrons. The van der Waals surface area contributed by atoms with Crippen LogP contribution >= 0.6 is 11.6 Å². The highest BCUT2D eigenvalue weighted by Crippen LogP contribution is 2.31. The third-order valence-electron chi connectivity index (χ3n) is 3.26. The molecule has 0 radical (unpaired) electrons. The minimum Gasteiger partial charge on any atom is -0.496 e. The number of carbonyl (C=O) groups excluding carboxylic acids is 1. The maximum Gasteiger partial charge on any atom is 0.271 e. The molecular formula is C17H17ClN2O3. The molecule has 0 aromatic heterocycles. The number of carbonyl (C=O) groups is 1. The highest BCUT2D eigenvalue weighted by atomic mass is 35.5. The van der Waals surface area contributed by atoms with Crippen LogP contribution in [0.1, 0.15) is 21.5 Å². The fourth-order valence-corrected chi connectivity index (χ4v) is 2.28. The summed E-state index contributed by atoms with van der Waals surface area (Å²) in [7, 11) is 3.06. The van der Waals surface area contributed by atoms with Crippen molar-refractivity contribution < 1.29 is 14.3 Å². The Hall–Kier alpha value is -2.53. The molecule has 2 rings (SSSR count). The Morgan fingerprint density at radius 2 is 1.87 bits per heavy atom. The molecule has 2 aromatic rings. The van der Waals surface area contributed by atoms with Gasteiger partial charge in [-0.3, -0.25) is 4.79 Å². The van der Waals surface area contributed by atoms with Crippen LogP contribution in [-0.2, 0) is 0 Å². The Morgan fingerprint density at radius 3 is 2.52 bits per heavy atom. The van der Waals surface area contributed by atoms with Crippen molar-refractivity contribution in [2.75, 3.05) is 14.2 Å². The van der Waals surface area contributed by atoms with Crippen LogP contribution in [0.25, 0.3) is 0 Å². The number of hydrogen-bond donors (Lipinski definition) is 1. The van der Waals surface area contributed by atoms with E-state index >= 15 is 0 Å². The van der Waals surface area contributed by atoms with Crippen LogP contribution in [-0.4, -0.2) is 26.3 Å². The summed E-state index contributed by atoms with van der Waals surface area (Å²) < 4.78 is 10.4. The Bertz CT molecular complexity index is 745. The van der Waals surface area contributed by atoms with Crippen molar-refractivity contribution in [1.29, 1.82) is 0 Å². The topological polar surface area (TPSA) is 59.9 Å². The number of benzene rings is 2. The minimum atomic E-state index is -0.280. The predicted molar refractivity (Wildman–Crippen MR) is 90.8 cm³/mol. The van der Waals surface area contributed by atoms with Gasteiger partial charge in [0.2, 0.25) is 0 Å². The lowest BCUT2D eigenvalue weighted by Gasteiger charge is -2.09. The molecular weight excluding hydrogens is 316 g/mol. The summed E-state index contributed by atoms with van der Waals surface area (Å²) in [6, 6.07) is 10.6. The lowest BCUT2D eigenvalue weighted by molar-refractivity contribution is 0.0954. The van der Waals surface area contributed by atoms with E-state index in [0.717, 1.165) is 5.56 Å². The van der Waals surface area contributed by atoms with E-state index in [0.29, 0.717) is 27.6 Å². The van der Waals surface area contributed by atoms with Gasteiger partial charge in [0.1, 0.15) is 11.5 Å². The Balaban J connectivity index is 2.16. The molecule has 0 aliphatic heterocycles. The number of ether oxygens (including phenoxy) is 2. The normalized spacial score (nSPS) is 10.6. The molecule has 0 heterocycles. The number of aryl methyl sites for hydroxylation is 1. The zero-order valence-corrected chi connectivity index (χ0v) is 13.8. The van der Waals surface area contributed by atoms with Crippen LogP contribution in [0.3, 0.4) is 0 Å². The van der Waals surface area contributed by atoms with Gasteiger partial charge in [-0.05, 0) is 24.6 Å². The second-order valence-corrected chi connectivity index (χ2v) is 5.15. The van der Waals surface area contributed by atoms with E-state index in [2.05, 4.69) is 10.5 Å². The fraction of sp³-hybridized carbons (Fsp3) is 0.176. The van der Waals surface area contributed by atoms with Crippen molar-refractivity contribution in [1.82, 2.24) is 5.43 Å². The number of rotatable bonds is 5. The number of nitrogens with one attached hydrogen (secondary N) is 1. The third kappa shape index (κ3) is 4.02. The van der Waals surface area contributed by atoms with Crippen molar-refractivity contribution in [2.45, 2.75) is 6.92 Å². The smallest absolute Gasteiger partial charge is 0.271 e. The first-order valence-corrected chi connectivity index (χ1v) is 7.25. The molecule has 0 fully saturated rings. The first-order valence-electron chi connectivity index (χ1n) is 6.87. The number of hydrazone groups is 1. The first kappa shape index (κ1) is 16.8. The van der Waals surface area contributed by atoms with E-state index in [1.807, 2.05) is 19.1 Å². The molecule has 0 bridgehead atoms. The van der Waals surface area contributed by atoms with Gasteiger partial charge in [0, 0.05) is 17.2 Å². The molecule has 6 heteroatoms. The van der Waals surface area contributed by atoms with E-state index < -0.39 is 0 Å². The monoisotopic (exact) mass is 332 g/mol. The molecule has 0 saturated heterocycles. The average molecular weight is 333 g/mol. The van der Waals surface area contributed by atoms with Crippen molar-refractivity contribution in [3.63, 3.8) is 0 Å². The molecule has 0 aliphatic rings. The van der Waals surface area contributed by atoms with E-state index in [1.165, 1.54) is 20.4 Å². The number of hydrogen-bond acceptors (Lipinski definition) is 4. The number of methoxy groups -OCH3 is 2. The molecule has 0 saturated carbocycles. The Kier molecular flexibility index (Phi) is 5.60. The zero-order chi connectivity index (χ0) is 16.8. The van der Waals surface area contributed by atoms with Gasteiger partial charge in [0.15, 0.2) is 0 Å². The van der Waals surface area contributed by atoms with Gasteiger partial charge in [-0.1, -0.05) is 29.8 Å². The van der Waals surface area contributed by atoms with Gasteiger partial charge in [-0.2, -0.15) is 5.10 Å². The van der Waals surface area contributed by atoms with E-state index in [-0.39, 0.29) is 5.91 Å². The second kappa shape index (κ2) is 7.65. The molecule has 1 amide bonds.